The summed E-state index contributed by atoms with van der Waals surface area (Å²) < 4.78 is 0.934. The Kier molecular flexibility index (Phi) is 3.17. The minimum atomic E-state index is -0.235. The van der Waals surface area contributed by atoms with Crippen molar-refractivity contribution in [3.05, 3.63) is 28.7 Å². The third-order valence-corrected chi connectivity index (χ3v) is 6.73. The summed E-state index contributed by atoms with van der Waals surface area (Å²) in [5.74, 6) is 1.47. The van der Waals surface area contributed by atoms with Crippen LogP contribution in [0.1, 0.15) is 38.5 Å². The number of para-hydroxylation sites is 1. The van der Waals surface area contributed by atoms with Crippen molar-refractivity contribution in [2.24, 2.45) is 17.3 Å². The maximum absolute atomic E-state index is 13.0. The lowest BCUT2D eigenvalue weighted by Gasteiger charge is -2.59. The molecule has 0 saturated heterocycles. The molecule has 1 N–H and O–H groups in total. The van der Waals surface area contributed by atoms with Crippen LogP contribution in [0.4, 0.5) is 5.69 Å². The molecule has 1 aromatic rings. The van der Waals surface area contributed by atoms with Gasteiger partial charge in [-0.1, -0.05) is 12.1 Å². The van der Waals surface area contributed by atoms with Gasteiger partial charge in [-0.15, -0.1) is 11.6 Å². The Morgan fingerprint density at radius 1 is 1.19 bits per heavy atom. The second-order valence-electron chi connectivity index (χ2n) is 7.33. The minimum Gasteiger partial charge on any atom is -0.325 e. The molecule has 0 radical (unpaired) electrons. The number of hydrogen-bond donors (Lipinski definition) is 1. The van der Waals surface area contributed by atoms with Gasteiger partial charge in [0.2, 0.25) is 5.91 Å². The molecule has 4 saturated carbocycles. The van der Waals surface area contributed by atoms with Crippen LogP contribution in [-0.2, 0) is 4.79 Å². The molecule has 5 rings (SSSR count). The standard InChI is InChI=1S/C17H19BrClNO/c18-13-3-1-2-4-14(13)20-15(21)16-6-11-5-12(7-16)9-17(19,8-11)10-16/h1-4,11-12H,5-10H2,(H,20,21). The van der Waals surface area contributed by atoms with E-state index in [1.807, 2.05) is 24.3 Å². The first kappa shape index (κ1) is 14.1. The van der Waals surface area contributed by atoms with Crippen LogP contribution in [0.5, 0.6) is 0 Å². The highest BCUT2D eigenvalue weighted by molar-refractivity contribution is 9.10. The lowest BCUT2D eigenvalue weighted by molar-refractivity contribution is -0.138. The second-order valence-corrected chi connectivity index (χ2v) is 8.98. The summed E-state index contributed by atoms with van der Waals surface area (Å²) in [4.78, 5) is 12.9. The van der Waals surface area contributed by atoms with E-state index in [4.69, 9.17) is 11.6 Å². The minimum absolute atomic E-state index is 0.116. The molecular formula is C17H19BrClNO. The molecule has 2 unspecified atom stereocenters. The number of hydrogen-bond acceptors (Lipinski definition) is 1. The van der Waals surface area contributed by atoms with E-state index in [1.165, 1.54) is 6.42 Å². The van der Waals surface area contributed by atoms with Crippen molar-refractivity contribution in [3.63, 3.8) is 0 Å². The monoisotopic (exact) mass is 367 g/mol. The van der Waals surface area contributed by atoms with E-state index in [9.17, 15) is 4.79 Å². The average Bonchev–Trinajstić information content (AvgIpc) is 2.38. The van der Waals surface area contributed by atoms with Crippen molar-refractivity contribution in [3.8, 4) is 0 Å². The number of halogens is 2. The molecule has 4 aliphatic carbocycles. The molecule has 112 valence electrons. The van der Waals surface area contributed by atoms with Crippen LogP contribution in [-0.4, -0.2) is 10.8 Å². The van der Waals surface area contributed by atoms with Crippen LogP contribution in [0, 0.1) is 17.3 Å². The Balaban J connectivity index is 1.61. The molecule has 4 heteroatoms. The number of carbonyl (C=O) groups is 1. The highest BCUT2D eigenvalue weighted by Crippen LogP contribution is 2.64. The number of anilines is 1. The van der Waals surface area contributed by atoms with Crippen LogP contribution in [0.2, 0.25) is 0 Å². The van der Waals surface area contributed by atoms with Gasteiger partial charge in [0.25, 0.3) is 0 Å². The van der Waals surface area contributed by atoms with E-state index >= 15 is 0 Å². The van der Waals surface area contributed by atoms with Crippen LogP contribution in [0.3, 0.4) is 0 Å². The first-order valence-corrected chi connectivity index (χ1v) is 8.90. The van der Waals surface area contributed by atoms with Gasteiger partial charge in [-0.3, -0.25) is 4.79 Å². The molecule has 1 aromatic carbocycles. The summed E-state index contributed by atoms with van der Waals surface area (Å²) in [6, 6.07) is 7.80. The lowest BCUT2D eigenvalue weighted by atomic mass is 9.49. The molecule has 0 aromatic heterocycles. The van der Waals surface area contributed by atoms with Gasteiger partial charge in [0.1, 0.15) is 0 Å². The highest BCUT2D eigenvalue weighted by Gasteiger charge is 2.60. The fraction of sp³-hybridized carbons (Fsp3) is 0.588. The fourth-order valence-corrected chi connectivity index (χ4v) is 6.31. The zero-order valence-electron chi connectivity index (χ0n) is 11.9. The van der Waals surface area contributed by atoms with Crippen LogP contribution >= 0.6 is 27.5 Å². The molecule has 1 amide bonds. The molecule has 4 aliphatic rings. The largest absolute Gasteiger partial charge is 0.325 e. The van der Waals surface area contributed by atoms with Crippen molar-refractivity contribution in [1.29, 1.82) is 0 Å². The Bertz CT molecular complexity index is 588. The predicted octanol–water partition coefficient (Wildman–Crippen LogP) is 4.97. The molecular weight excluding hydrogens is 350 g/mol. The number of amides is 1. The normalized spacial score (nSPS) is 40.3. The first-order valence-electron chi connectivity index (χ1n) is 7.73. The van der Waals surface area contributed by atoms with E-state index in [-0.39, 0.29) is 16.2 Å². The van der Waals surface area contributed by atoms with Gasteiger partial charge in [-0.05, 0) is 78.4 Å². The van der Waals surface area contributed by atoms with Crippen molar-refractivity contribution in [2.45, 2.75) is 43.4 Å². The molecule has 0 aliphatic heterocycles. The van der Waals surface area contributed by atoms with Crippen LogP contribution in [0.25, 0.3) is 0 Å². The molecule has 0 spiro atoms. The van der Waals surface area contributed by atoms with Gasteiger partial charge >= 0.3 is 0 Å². The number of nitrogens with one attached hydrogen (secondary N) is 1. The first-order chi connectivity index (χ1) is 9.98. The van der Waals surface area contributed by atoms with Crippen molar-refractivity contribution >= 4 is 39.1 Å². The molecule has 4 bridgehead atoms. The van der Waals surface area contributed by atoms with Crippen molar-refractivity contribution in [2.75, 3.05) is 5.32 Å². The number of alkyl halides is 1. The maximum atomic E-state index is 13.0. The Labute approximate surface area is 138 Å². The molecule has 2 atom stereocenters. The number of carbonyl (C=O) groups excluding carboxylic acids is 1. The van der Waals surface area contributed by atoms with Crippen LogP contribution in [0.15, 0.2) is 28.7 Å². The van der Waals surface area contributed by atoms with E-state index in [1.54, 1.807) is 0 Å². The smallest absolute Gasteiger partial charge is 0.230 e. The molecule has 21 heavy (non-hydrogen) atoms. The van der Waals surface area contributed by atoms with Gasteiger partial charge in [0, 0.05) is 9.35 Å². The van der Waals surface area contributed by atoms with E-state index in [2.05, 4.69) is 21.2 Å². The van der Waals surface area contributed by atoms with Crippen molar-refractivity contribution in [1.82, 2.24) is 0 Å². The summed E-state index contributed by atoms with van der Waals surface area (Å²) in [6.45, 7) is 0. The van der Waals surface area contributed by atoms with Gasteiger partial charge < -0.3 is 5.32 Å². The summed E-state index contributed by atoms with van der Waals surface area (Å²) in [5.41, 5.74) is 0.628. The predicted molar refractivity (Wildman–Crippen MR) is 88.5 cm³/mol. The molecule has 0 heterocycles. The molecule has 2 nitrogen and oxygen atoms in total. The zero-order valence-corrected chi connectivity index (χ0v) is 14.2. The van der Waals surface area contributed by atoms with Gasteiger partial charge in [-0.25, -0.2) is 0 Å². The van der Waals surface area contributed by atoms with Gasteiger partial charge in [-0.2, -0.15) is 0 Å². The van der Waals surface area contributed by atoms with E-state index in [0.717, 1.165) is 42.3 Å². The highest BCUT2D eigenvalue weighted by atomic mass is 79.9. The Hall–Kier alpha value is -0.540. The third-order valence-electron chi connectivity index (χ3n) is 5.59. The Morgan fingerprint density at radius 2 is 1.86 bits per heavy atom. The third kappa shape index (κ3) is 2.33. The topological polar surface area (TPSA) is 29.1 Å². The summed E-state index contributed by atoms with van der Waals surface area (Å²) >= 11 is 10.3. The molecule has 4 fully saturated rings. The van der Waals surface area contributed by atoms with Gasteiger partial charge in [0.05, 0.1) is 11.1 Å². The lowest BCUT2D eigenvalue weighted by Crippen LogP contribution is -2.57. The van der Waals surface area contributed by atoms with E-state index < -0.39 is 0 Å². The van der Waals surface area contributed by atoms with Gasteiger partial charge in [0.15, 0.2) is 0 Å². The average molecular weight is 369 g/mol. The quantitative estimate of drug-likeness (QED) is 0.734. The SMILES string of the molecule is O=C(Nc1ccccc1Br)C12CC3CC(CC(Cl)(C3)C1)C2. The number of rotatable bonds is 2. The summed E-state index contributed by atoms with van der Waals surface area (Å²) in [5, 5.41) is 3.14. The number of benzene rings is 1. The maximum Gasteiger partial charge on any atom is 0.230 e. The summed E-state index contributed by atoms with van der Waals surface area (Å²) in [6.07, 6.45) is 6.39. The second kappa shape index (κ2) is 4.73. The van der Waals surface area contributed by atoms with Crippen molar-refractivity contribution < 1.29 is 4.79 Å². The zero-order chi connectivity index (χ0) is 14.7. The van der Waals surface area contributed by atoms with E-state index in [0.29, 0.717) is 11.8 Å². The Morgan fingerprint density at radius 3 is 2.48 bits per heavy atom. The summed E-state index contributed by atoms with van der Waals surface area (Å²) in [7, 11) is 0. The fourth-order valence-electron chi connectivity index (χ4n) is 5.23. The van der Waals surface area contributed by atoms with Crippen LogP contribution < -0.4 is 5.32 Å².